The van der Waals surface area contributed by atoms with E-state index < -0.39 is 14.6 Å². The molecule has 1 aliphatic heterocycles. The summed E-state index contributed by atoms with van der Waals surface area (Å²) in [6, 6.07) is 4.07. The number of sulfone groups is 1. The van der Waals surface area contributed by atoms with Crippen LogP contribution in [-0.4, -0.2) is 68.2 Å². The van der Waals surface area contributed by atoms with E-state index in [-0.39, 0.29) is 30.5 Å². The highest BCUT2D eigenvalue weighted by Gasteiger charge is 2.42. The SMILES string of the molecule is CCNC(=NCC1(S(C)(=O)=O)CCOCC1)N(C)Cc1cccn1C.I. The quantitative estimate of drug-likeness (QED) is 0.367. The van der Waals surface area contributed by atoms with Gasteiger partial charge in [0, 0.05) is 52.0 Å². The fraction of sp³-hybridized carbons (Fsp3) is 0.706. The molecule has 0 saturated carbocycles. The zero-order chi connectivity index (χ0) is 18.5. The number of guanidine groups is 1. The van der Waals surface area contributed by atoms with Crippen LogP contribution in [0.3, 0.4) is 0 Å². The van der Waals surface area contributed by atoms with Crippen molar-refractivity contribution in [3.8, 4) is 0 Å². The third kappa shape index (κ3) is 5.59. The molecule has 0 atom stereocenters. The maximum atomic E-state index is 12.4. The standard InChI is InChI=1S/C17H30N4O3S.HI/c1-5-18-16(21(3)13-15-7-6-10-20(15)2)19-14-17(25(4,22)23)8-11-24-12-9-17;/h6-7,10H,5,8-9,11-14H2,1-4H3,(H,18,19);1H. The average Bonchev–Trinajstić information content (AvgIpc) is 2.96. The number of nitrogens with zero attached hydrogens (tertiary/aromatic N) is 3. The Balaban J connectivity index is 0.00000338. The van der Waals surface area contributed by atoms with Gasteiger partial charge in [0.1, 0.15) is 0 Å². The Morgan fingerprint density at radius 3 is 2.58 bits per heavy atom. The van der Waals surface area contributed by atoms with Crippen molar-refractivity contribution in [2.45, 2.75) is 31.1 Å². The molecule has 0 radical (unpaired) electrons. The molecule has 7 nitrogen and oxygen atoms in total. The summed E-state index contributed by atoms with van der Waals surface area (Å²) in [5, 5.41) is 3.26. The predicted octanol–water partition coefficient (Wildman–Crippen LogP) is 1.63. The molecule has 0 aromatic carbocycles. The Kier molecular flexibility index (Phi) is 8.87. The van der Waals surface area contributed by atoms with E-state index in [4.69, 9.17) is 4.74 Å². The van der Waals surface area contributed by atoms with E-state index in [1.165, 1.54) is 6.26 Å². The molecule has 1 aromatic rings. The molecule has 26 heavy (non-hydrogen) atoms. The van der Waals surface area contributed by atoms with E-state index in [0.29, 0.717) is 32.6 Å². The third-order valence-electron chi connectivity index (χ3n) is 4.85. The molecule has 0 amide bonds. The van der Waals surface area contributed by atoms with Crippen LogP contribution in [-0.2, 0) is 28.2 Å². The van der Waals surface area contributed by atoms with Crippen LogP contribution in [0.25, 0.3) is 0 Å². The van der Waals surface area contributed by atoms with Gasteiger partial charge in [-0.05, 0) is 31.9 Å². The summed E-state index contributed by atoms with van der Waals surface area (Å²) in [5.41, 5.74) is 1.16. The minimum Gasteiger partial charge on any atom is -0.381 e. The zero-order valence-corrected chi connectivity index (χ0v) is 19.2. The number of hydrogen-bond donors (Lipinski definition) is 1. The van der Waals surface area contributed by atoms with Gasteiger partial charge < -0.3 is 19.5 Å². The Morgan fingerprint density at radius 2 is 2.08 bits per heavy atom. The molecule has 1 aromatic heterocycles. The molecule has 1 fully saturated rings. The fourth-order valence-electron chi connectivity index (χ4n) is 3.06. The molecule has 0 spiro atoms. The second-order valence-electron chi connectivity index (χ2n) is 6.70. The molecule has 1 N–H and O–H groups in total. The van der Waals surface area contributed by atoms with E-state index in [2.05, 4.69) is 20.9 Å². The highest BCUT2D eigenvalue weighted by atomic mass is 127. The molecular weight excluding hydrogens is 467 g/mol. The number of rotatable bonds is 6. The van der Waals surface area contributed by atoms with Crippen molar-refractivity contribution in [2.75, 3.05) is 39.6 Å². The Hall–Kier alpha value is -0.810. The molecular formula is C17H31IN4O3S. The van der Waals surface area contributed by atoms with Gasteiger partial charge in [-0.15, -0.1) is 24.0 Å². The summed E-state index contributed by atoms with van der Waals surface area (Å²) in [5.74, 6) is 0.721. The first-order chi connectivity index (χ1) is 11.8. The van der Waals surface area contributed by atoms with Crippen molar-refractivity contribution in [3.63, 3.8) is 0 Å². The minimum atomic E-state index is -3.22. The van der Waals surface area contributed by atoms with Crippen LogP contribution in [0.1, 0.15) is 25.5 Å². The fourth-order valence-corrected chi connectivity index (χ4v) is 4.26. The van der Waals surface area contributed by atoms with E-state index in [1.54, 1.807) is 0 Å². The first-order valence-electron chi connectivity index (χ1n) is 8.66. The predicted molar refractivity (Wildman–Crippen MR) is 116 cm³/mol. The van der Waals surface area contributed by atoms with Gasteiger partial charge in [0.25, 0.3) is 0 Å². The minimum absolute atomic E-state index is 0. The van der Waals surface area contributed by atoms with E-state index in [0.717, 1.165) is 18.2 Å². The van der Waals surface area contributed by atoms with Crippen molar-refractivity contribution >= 4 is 39.8 Å². The van der Waals surface area contributed by atoms with Crippen molar-refractivity contribution in [1.29, 1.82) is 0 Å². The van der Waals surface area contributed by atoms with Crippen LogP contribution >= 0.6 is 24.0 Å². The van der Waals surface area contributed by atoms with E-state index >= 15 is 0 Å². The lowest BCUT2D eigenvalue weighted by atomic mass is 9.99. The summed E-state index contributed by atoms with van der Waals surface area (Å²) in [6.45, 7) is 4.63. The first kappa shape index (κ1) is 23.2. The van der Waals surface area contributed by atoms with Gasteiger partial charge in [-0.3, -0.25) is 4.99 Å². The number of aryl methyl sites for hydroxylation is 1. The molecule has 1 saturated heterocycles. The lowest BCUT2D eigenvalue weighted by Crippen LogP contribution is -2.47. The topological polar surface area (TPSA) is 75.9 Å². The molecule has 2 heterocycles. The van der Waals surface area contributed by atoms with E-state index in [9.17, 15) is 8.42 Å². The van der Waals surface area contributed by atoms with Gasteiger partial charge in [0.15, 0.2) is 15.8 Å². The molecule has 9 heteroatoms. The summed E-state index contributed by atoms with van der Waals surface area (Å²) in [7, 11) is 0.754. The summed E-state index contributed by atoms with van der Waals surface area (Å²) in [4.78, 5) is 6.70. The molecule has 0 aliphatic carbocycles. The van der Waals surface area contributed by atoms with Gasteiger partial charge in [0.05, 0.1) is 17.8 Å². The highest BCUT2D eigenvalue weighted by Crippen LogP contribution is 2.29. The van der Waals surface area contributed by atoms with Gasteiger partial charge >= 0.3 is 0 Å². The van der Waals surface area contributed by atoms with Crippen LogP contribution in [0.4, 0.5) is 0 Å². The smallest absolute Gasteiger partial charge is 0.194 e. The van der Waals surface area contributed by atoms with E-state index in [1.807, 2.05) is 38.2 Å². The first-order valence-corrected chi connectivity index (χ1v) is 10.6. The van der Waals surface area contributed by atoms with Crippen LogP contribution < -0.4 is 5.32 Å². The number of aliphatic imine (C=N–C) groups is 1. The number of ether oxygens (including phenoxy) is 1. The van der Waals surface area contributed by atoms with Crippen LogP contribution in [0.2, 0.25) is 0 Å². The molecule has 2 rings (SSSR count). The molecule has 1 aliphatic rings. The van der Waals surface area contributed by atoms with Crippen LogP contribution in [0.5, 0.6) is 0 Å². The van der Waals surface area contributed by atoms with Crippen LogP contribution in [0.15, 0.2) is 23.3 Å². The van der Waals surface area contributed by atoms with Gasteiger partial charge in [0.2, 0.25) is 0 Å². The Morgan fingerprint density at radius 1 is 1.42 bits per heavy atom. The Bertz CT molecular complexity index is 697. The second-order valence-corrected chi connectivity index (χ2v) is 9.11. The number of halogens is 1. The van der Waals surface area contributed by atoms with Gasteiger partial charge in [-0.2, -0.15) is 0 Å². The van der Waals surface area contributed by atoms with Crippen molar-refractivity contribution < 1.29 is 13.2 Å². The number of hydrogen-bond acceptors (Lipinski definition) is 4. The maximum Gasteiger partial charge on any atom is 0.194 e. The number of aromatic nitrogens is 1. The zero-order valence-electron chi connectivity index (χ0n) is 16.1. The van der Waals surface area contributed by atoms with Gasteiger partial charge in [-0.1, -0.05) is 0 Å². The summed E-state index contributed by atoms with van der Waals surface area (Å²) in [6.07, 6.45) is 4.31. The summed E-state index contributed by atoms with van der Waals surface area (Å²) >= 11 is 0. The monoisotopic (exact) mass is 498 g/mol. The maximum absolute atomic E-state index is 12.4. The Labute approximate surface area is 174 Å². The highest BCUT2D eigenvalue weighted by molar-refractivity contribution is 14.0. The largest absolute Gasteiger partial charge is 0.381 e. The molecule has 0 bridgehead atoms. The molecule has 150 valence electrons. The lowest BCUT2D eigenvalue weighted by Gasteiger charge is -2.34. The normalized spacial score (nSPS) is 17.5. The average molecular weight is 498 g/mol. The van der Waals surface area contributed by atoms with Crippen molar-refractivity contribution in [3.05, 3.63) is 24.0 Å². The van der Waals surface area contributed by atoms with Crippen LogP contribution in [0, 0.1) is 0 Å². The van der Waals surface area contributed by atoms with Crippen molar-refractivity contribution in [2.24, 2.45) is 12.0 Å². The van der Waals surface area contributed by atoms with Crippen molar-refractivity contribution in [1.82, 2.24) is 14.8 Å². The summed E-state index contributed by atoms with van der Waals surface area (Å²) < 4.78 is 31.4. The third-order valence-corrected chi connectivity index (χ3v) is 6.97. The van der Waals surface area contributed by atoms with Gasteiger partial charge in [-0.25, -0.2) is 8.42 Å². The molecule has 0 unspecified atom stereocenters. The lowest BCUT2D eigenvalue weighted by molar-refractivity contribution is 0.0767. The second kappa shape index (κ2) is 9.93. The number of nitrogens with one attached hydrogen (secondary N) is 1.